The summed E-state index contributed by atoms with van der Waals surface area (Å²) in [6.45, 7) is 3.70. The zero-order chi connectivity index (χ0) is 15.0. The van der Waals surface area contributed by atoms with Crippen molar-refractivity contribution in [2.75, 3.05) is 0 Å². The number of carbonyl (C=O) groups excluding carboxylic acids is 2. The lowest BCUT2D eigenvalue weighted by Crippen LogP contribution is -2.62. The van der Waals surface area contributed by atoms with Gasteiger partial charge >= 0.3 is 0 Å². The van der Waals surface area contributed by atoms with E-state index in [4.69, 9.17) is 18.0 Å². The third-order valence-electron chi connectivity index (χ3n) is 5.18. The number of nitrogens with two attached hydrogens (primary N) is 1. The van der Waals surface area contributed by atoms with Crippen molar-refractivity contribution in [3.05, 3.63) is 0 Å². The number of rotatable bonds is 3. The number of hydrogen-bond donors (Lipinski definition) is 1. The lowest BCUT2D eigenvalue weighted by atomic mass is 9.67. The molecule has 2 amide bonds. The second-order valence-corrected chi connectivity index (χ2v) is 6.97. The minimum Gasteiger partial charge on any atom is -0.391 e. The molecular weight excluding hydrogens is 272 g/mol. The van der Waals surface area contributed by atoms with Crippen LogP contribution in [0.2, 0.25) is 0 Å². The van der Waals surface area contributed by atoms with Gasteiger partial charge < -0.3 is 5.73 Å². The van der Waals surface area contributed by atoms with E-state index in [9.17, 15) is 9.59 Å². The van der Waals surface area contributed by atoms with Crippen LogP contribution in [0.4, 0.5) is 0 Å². The number of carbonyl (C=O) groups is 2. The van der Waals surface area contributed by atoms with Gasteiger partial charge in [0.25, 0.3) is 0 Å². The molecule has 0 bridgehead atoms. The van der Waals surface area contributed by atoms with Crippen LogP contribution in [0.25, 0.3) is 0 Å². The molecule has 2 N–H and O–H groups in total. The summed E-state index contributed by atoms with van der Waals surface area (Å²) in [6.07, 6.45) is 6.96. The molecule has 2 rings (SSSR count). The first kappa shape index (κ1) is 15.4. The molecule has 1 saturated heterocycles. The van der Waals surface area contributed by atoms with Crippen molar-refractivity contribution in [2.24, 2.45) is 11.1 Å². The third-order valence-corrected chi connectivity index (χ3v) is 5.62. The molecule has 5 heteroatoms. The monoisotopic (exact) mass is 296 g/mol. The van der Waals surface area contributed by atoms with Gasteiger partial charge in [-0.3, -0.25) is 14.5 Å². The van der Waals surface area contributed by atoms with E-state index in [1.165, 1.54) is 11.3 Å². The average Bonchev–Trinajstić information content (AvgIpc) is 2.37. The van der Waals surface area contributed by atoms with Gasteiger partial charge in [0.1, 0.15) is 0 Å². The summed E-state index contributed by atoms with van der Waals surface area (Å²) in [5.41, 5.74) is 4.88. The van der Waals surface area contributed by atoms with Crippen LogP contribution in [0.1, 0.15) is 65.2 Å². The minimum atomic E-state index is -0.820. The molecule has 2 fully saturated rings. The smallest absolute Gasteiger partial charge is 0.230 e. The number of amides is 2. The van der Waals surface area contributed by atoms with Crippen LogP contribution in [-0.2, 0) is 9.59 Å². The van der Waals surface area contributed by atoms with Crippen molar-refractivity contribution in [2.45, 2.75) is 70.8 Å². The summed E-state index contributed by atoms with van der Waals surface area (Å²) in [5.74, 6) is -0.194. The van der Waals surface area contributed by atoms with Gasteiger partial charge in [-0.15, -0.1) is 0 Å². The van der Waals surface area contributed by atoms with Gasteiger partial charge in [-0.1, -0.05) is 38.4 Å². The molecule has 0 aromatic heterocycles. The first-order chi connectivity index (χ1) is 9.34. The first-order valence-electron chi connectivity index (χ1n) is 7.50. The van der Waals surface area contributed by atoms with Crippen LogP contribution >= 0.6 is 12.2 Å². The molecule has 1 atom stereocenters. The normalized spacial score (nSPS) is 25.6. The van der Waals surface area contributed by atoms with Crippen LogP contribution in [0, 0.1) is 5.41 Å². The summed E-state index contributed by atoms with van der Waals surface area (Å²) in [6, 6.07) is 0. The Morgan fingerprint density at radius 1 is 1.25 bits per heavy atom. The average molecular weight is 296 g/mol. The number of piperidine rings is 1. The topological polar surface area (TPSA) is 63.4 Å². The SMILES string of the molecule is CCC(C)(C(N)=S)N1C(=O)CC2(CCCCC2)CC1=O. The number of nitrogens with zero attached hydrogens (tertiary/aromatic N) is 1. The van der Waals surface area contributed by atoms with Crippen molar-refractivity contribution in [1.29, 1.82) is 0 Å². The molecule has 112 valence electrons. The lowest BCUT2D eigenvalue weighted by molar-refractivity contribution is -0.159. The second kappa shape index (κ2) is 5.43. The Labute approximate surface area is 126 Å². The van der Waals surface area contributed by atoms with Crippen molar-refractivity contribution in [3.63, 3.8) is 0 Å². The molecule has 1 aliphatic carbocycles. The van der Waals surface area contributed by atoms with Crippen LogP contribution in [0.15, 0.2) is 0 Å². The molecule has 2 aliphatic rings. The Bertz CT molecular complexity index is 423. The van der Waals surface area contributed by atoms with Crippen LogP contribution in [-0.4, -0.2) is 27.2 Å². The maximum absolute atomic E-state index is 12.6. The van der Waals surface area contributed by atoms with Gasteiger partial charge in [-0.25, -0.2) is 0 Å². The van der Waals surface area contributed by atoms with E-state index in [0.29, 0.717) is 19.3 Å². The highest BCUT2D eigenvalue weighted by atomic mass is 32.1. The van der Waals surface area contributed by atoms with E-state index in [0.717, 1.165) is 25.7 Å². The van der Waals surface area contributed by atoms with E-state index < -0.39 is 5.54 Å². The minimum absolute atomic E-state index is 0.0895. The predicted octanol–water partition coefficient (Wildman–Crippen LogP) is 2.54. The maximum atomic E-state index is 12.6. The van der Waals surface area contributed by atoms with Gasteiger partial charge in [-0.2, -0.15) is 0 Å². The molecule has 0 radical (unpaired) electrons. The molecule has 1 unspecified atom stereocenters. The Morgan fingerprint density at radius 2 is 1.75 bits per heavy atom. The molecule has 0 aromatic carbocycles. The first-order valence-corrected chi connectivity index (χ1v) is 7.91. The summed E-state index contributed by atoms with van der Waals surface area (Å²) < 4.78 is 0. The molecule has 1 saturated carbocycles. The van der Waals surface area contributed by atoms with E-state index >= 15 is 0 Å². The number of imide groups is 1. The summed E-state index contributed by atoms with van der Waals surface area (Å²) in [5, 5.41) is 0. The third kappa shape index (κ3) is 2.48. The van der Waals surface area contributed by atoms with Crippen molar-refractivity contribution in [3.8, 4) is 0 Å². The van der Waals surface area contributed by atoms with Crippen molar-refractivity contribution < 1.29 is 9.59 Å². The summed E-state index contributed by atoms with van der Waals surface area (Å²) in [4.78, 5) is 26.7. The van der Waals surface area contributed by atoms with Gasteiger partial charge in [0, 0.05) is 12.8 Å². The molecule has 1 heterocycles. The van der Waals surface area contributed by atoms with Gasteiger partial charge in [0.15, 0.2) is 0 Å². The Hall–Kier alpha value is -0.970. The van der Waals surface area contributed by atoms with Crippen molar-refractivity contribution in [1.82, 2.24) is 4.90 Å². The van der Waals surface area contributed by atoms with Gasteiger partial charge in [-0.05, 0) is 31.6 Å². The second-order valence-electron chi connectivity index (χ2n) is 6.53. The molecule has 4 nitrogen and oxygen atoms in total. The predicted molar refractivity (Wildman–Crippen MR) is 82.1 cm³/mol. The standard InChI is InChI=1S/C15H24N2O2S/c1-3-14(2,13(16)20)17-11(18)9-15(10-12(17)19)7-5-4-6-8-15/h3-10H2,1-2H3,(H2,16,20). The van der Waals surface area contributed by atoms with E-state index in [1.54, 1.807) is 6.92 Å². The fraction of sp³-hybridized carbons (Fsp3) is 0.800. The highest BCUT2D eigenvalue weighted by Crippen LogP contribution is 2.46. The van der Waals surface area contributed by atoms with Crippen LogP contribution in [0.3, 0.4) is 0 Å². The van der Waals surface area contributed by atoms with E-state index in [-0.39, 0.29) is 22.2 Å². The van der Waals surface area contributed by atoms with Gasteiger partial charge in [0.2, 0.25) is 11.8 Å². The highest BCUT2D eigenvalue weighted by molar-refractivity contribution is 7.80. The summed E-state index contributed by atoms with van der Waals surface area (Å²) >= 11 is 5.10. The fourth-order valence-corrected chi connectivity index (χ4v) is 3.89. The number of hydrogen-bond acceptors (Lipinski definition) is 3. The molecule has 0 aromatic rings. The highest BCUT2D eigenvalue weighted by Gasteiger charge is 2.50. The molecule has 1 spiro atoms. The Morgan fingerprint density at radius 3 is 2.15 bits per heavy atom. The molecule has 1 aliphatic heterocycles. The zero-order valence-corrected chi connectivity index (χ0v) is 13.2. The van der Waals surface area contributed by atoms with Gasteiger partial charge in [0.05, 0.1) is 10.5 Å². The Kier molecular flexibility index (Phi) is 4.19. The number of likely N-dealkylation sites (tertiary alicyclic amines) is 1. The lowest BCUT2D eigenvalue weighted by Gasteiger charge is -2.47. The van der Waals surface area contributed by atoms with Crippen LogP contribution < -0.4 is 5.73 Å². The van der Waals surface area contributed by atoms with E-state index in [1.807, 2.05) is 6.92 Å². The molecule has 20 heavy (non-hydrogen) atoms. The fourth-order valence-electron chi connectivity index (χ4n) is 3.65. The largest absolute Gasteiger partial charge is 0.391 e. The Balaban J connectivity index is 2.25. The van der Waals surface area contributed by atoms with Crippen molar-refractivity contribution >= 4 is 29.0 Å². The van der Waals surface area contributed by atoms with E-state index in [2.05, 4.69) is 0 Å². The molecular formula is C15H24N2O2S. The quantitative estimate of drug-likeness (QED) is 0.642. The van der Waals surface area contributed by atoms with Crippen LogP contribution in [0.5, 0.6) is 0 Å². The zero-order valence-electron chi connectivity index (χ0n) is 12.4. The summed E-state index contributed by atoms with van der Waals surface area (Å²) in [7, 11) is 0. The maximum Gasteiger partial charge on any atom is 0.230 e. The number of thiocarbonyl (C=S) groups is 1.